The van der Waals surface area contributed by atoms with Gasteiger partial charge in [0.2, 0.25) is 5.95 Å². The van der Waals surface area contributed by atoms with Crippen LogP contribution in [0.2, 0.25) is 0 Å². The second-order valence-corrected chi connectivity index (χ2v) is 5.90. The van der Waals surface area contributed by atoms with Gasteiger partial charge in [-0.1, -0.05) is 18.2 Å². The summed E-state index contributed by atoms with van der Waals surface area (Å²) in [5.41, 5.74) is 0.890. The smallest absolute Gasteiger partial charge is 0.249 e. The monoisotopic (exact) mass is 333 g/mol. The van der Waals surface area contributed by atoms with E-state index >= 15 is 0 Å². The molecule has 0 amide bonds. The number of para-hydroxylation sites is 1. The summed E-state index contributed by atoms with van der Waals surface area (Å²) >= 11 is 0. The van der Waals surface area contributed by atoms with Crippen LogP contribution in [0.3, 0.4) is 0 Å². The molecule has 126 valence electrons. The Morgan fingerprint density at radius 2 is 1.60 bits per heavy atom. The van der Waals surface area contributed by atoms with Gasteiger partial charge in [0.15, 0.2) is 5.82 Å². The van der Waals surface area contributed by atoms with Gasteiger partial charge in [-0.2, -0.15) is 10.1 Å². The Labute approximate surface area is 146 Å². The van der Waals surface area contributed by atoms with Crippen LogP contribution < -0.4 is 15.0 Å². The molecule has 4 rings (SSSR count). The van der Waals surface area contributed by atoms with Crippen LogP contribution in [0.5, 0.6) is 11.5 Å². The second kappa shape index (κ2) is 7.17. The first-order valence-electron chi connectivity index (χ1n) is 8.41. The molecule has 0 spiro atoms. The van der Waals surface area contributed by atoms with Gasteiger partial charge in [-0.15, -0.1) is 5.10 Å². The molecule has 0 bridgehead atoms. The SMILES string of the molecule is c1ccc(Oc2ccc(Nc3nncc(N4CCCC4)n3)cc2)cc1. The number of anilines is 3. The van der Waals surface area contributed by atoms with E-state index in [2.05, 4.69) is 25.4 Å². The highest BCUT2D eigenvalue weighted by molar-refractivity contribution is 5.56. The van der Waals surface area contributed by atoms with Gasteiger partial charge in [-0.25, -0.2) is 0 Å². The van der Waals surface area contributed by atoms with Crippen molar-refractivity contribution in [1.29, 1.82) is 0 Å². The summed E-state index contributed by atoms with van der Waals surface area (Å²) in [7, 11) is 0. The summed E-state index contributed by atoms with van der Waals surface area (Å²) in [6.45, 7) is 2.06. The minimum Gasteiger partial charge on any atom is -0.457 e. The van der Waals surface area contributed by atoms with Crippen LogP contribution in [-0.2, 0) is 0 Å². The molecule has 0 aliphatic carbocycles. The number of aromatic nitrogens is 3. The van der Waals surface area contributed by atoms with Gasteiger partial charge in [-0.3, -0.25) is 0 Å². The standard InChI is InChI=1S/C19H19N5O/c1-2-6-16(7-3-1)25-17-10-8-15(9-11-17)21-19-22-18(14-20-23-19)24-12-4-5-13-24/h1-3,6-11,14H,4-5,12-13H2,(H,21,22,23). The number of hydrogen-bond acceptors (Lipinski definition) is 6. The maximum Gasteiger partial charge on any atom is 0.249 e. The van der Waals surface area contributed by atoms with E-state index in [-0.39, 0.29) is 0 Å². The maximum atomic E-state index is 5.79. The number of benzene rings is 2. The number of nitrogens with one attached hydrogen (secondary N) is 1. The normalized spacial score (nSPS) is 13.7. The third kappa shape index (κ3) is 3.85. The third-order valence-electron chi connectivity index (χ3n) is 4.07. The van der Waals surface area contributed by atoms with Crippen molar-refractivity contribution in [3.63, 3.8) is 0 Å². The van der Waals surface area contributed by atoms with Gasteiger partial charge < -0.3 is 15.0 Å². The molecule has 1 aromatic heterocycles. The average Bonchev–Trinajstić information content (AvgIpc) is 3.19. The zero-order chi connectivity index (χ0) is 16.9. The maximum absolute atomic E-state index is 5.79. The fourth-order valence-corrected chi connectivity index (χ4v) is 2.81. The Bertz CT molecular complexity index is 817. The molecule has 6 nitrogen and oxygen atoms in total. The summed E-state index contributed by atoms with van der Waals surface area (Å²) in [5, 5.41) is 11.3. The van der Waals surface area contributed by atoms with Crippen molar-refractivity contribution >= 4 is 17.5 Å². The Kier molecular flexibility index (Phi) is 4.41. The topological polar surface area (TPSA) is 63.2 Å². The average molecular weight is 333 g/mol. The van der Waals surface area contributed by atoms with Gasteiger partial charge in [0, 0.05) is 18.8 Å². The van der Waals surface area contributed by atoms with Crippen molar-refractivity contribution < 1.29 is 4.74 Å². The zero-order valence-electron chi connectivity index (χ0n) is 13.8. The number of ether oxygens (including phenoxy) is 1. The van der Waals surface area contributed by atoms with Crippen LogP contribution in [0.15, 0.2) is 60.8 Å². The highest BCUT2D eigenvalue weighted by atomic mass is 16.5. The molecule has 2 aromatic carbocycles. The minimum atomic E-state index is 0.501. The first kappa shape index (κ1) is 15.4. The van der Waals surface area contributed by atoms with Gasteiger partial charge in [0.05, 0.1) is 6.20 Å². The Hall–Kier alpha value is -3.15. The Morgan fingerprint density at radius 3 is 2.36 bits per heavy atom. The van der Waals surface area contributed by atoms with Crippen molar-refractivity contribution in [2.24, 2.45) is 0 Å². The lowest BCUT2D eigenvalue weighted by Gasteiger charge is -2.16. The van der Waals surface area contributed by atoms with E-state index in [0.717, 1.165) is 36.1 Å². The van der Waals surface area contributed by atoms with Gasteiger partial charge in [0.25, 0.3) is 0 Å². The molecule has 0 radical (unpaired) electrons. The zero-order valence-corrected chi connectivity index (χ0v) is 13.8. The van der Waals surface area contributed by atoms with Gasteiger partial charge in [-0.05, 0) is 49.2 Å². The van der Waals surface area contributed by atoms with E-state index in [1.807, 2.05) is 54.6 Å². The summed E-state index contributed by atoms with van der Waals surface area (Å²) < 4.78 is 5.79. The lowest BCUT2D eigenvalue weighted by molar-refractivity contribution is 0.483. The molecule has 1 saturated heterocycles. The van der Waals surface area contributed by atoms with E-state index in [4.69, 9.17) is 4.74 Å². The lowest BCUT2D eigenvalue weighted by atomic mass is 10.3. The number of hydrogen-bond donors (Lipinski definition) is 1. The van der Waals surface area contributed by atoms with Gasteiger partial charge in [0.1, 0.15) is 11.5 Å². The summed E-state index contributed by atoms with van der Waals surface area (Å²) in [5.74, 6) is 2.97. The molecule has 6 heteroatoms. The van der Waals surface area contributed by atoms with Crippen LogP contribution in [0.25, 0.3) is 0 Å². The van der Waals surface area contributed by atoms with E-state index < -0.39 is 0 Å². The van der Waals surface area contributed by atoms with Crippen LogP contribution in [0.1, 0.15) is 12.8 Å². The van der Waals surface area contributed by atoms with Crippen LogP contribution in [0, 0.1) is 0 Å². The lowest BCUT2D eigenvalue weighted by Crippen LogP contribution is -2.19. The summed E-state index contributed by atoms with van der Waals surface area (Å²) in [4.78, 5) is 6.78. The van der Waals surface area contributed by atoms with Crippen LogP contribution in [0.4, 0.5) is 17.5 Å². The summed E-state index contributed by atoms with van der Waals surface area (Å²) in [6, 6.07) is 17.4. The molecule has 2 heterocycles. The van der Waals surface area contributed by atoms with E-state index in [1.54, 1.807) is 6.20 Å². The van der Waals surface area contributed by atoms with Crippen LogP contribution in [-0.4, -0.2) is 28.3 Å². The van der Waals surface area contributed by atoms with E-state index in [9.17, 15) is 0 Å². The Morgan fingerprint density at radius 1 is 0.880 bits per heavy atom. The van der Waals surface area contributed by atoms with Crippen LogP contribution >= 0.6 is 0 Å². The molecule has 25 heavy (non-hydrogen) atoms. The van der Waals surface area contributed by atoms with Crippen molar-refractivity contribution in [3.8, 4) is 11.5 Å². The van der Waals surface area contributed by atoms with E-state index in [1.165, 1.54) is 12.8 Å². The molecular formula is C19H19N5O. The quantitative estimate of drug-likeness (QED) is 0.761. The molecular weight excluding hydrogens is 314 g/mol. The molecule has 1 aliphatic rings. The summed E-state index contributed by atoms with van der Waals surface area (Å²) in [6.07, 6.45) is 4.12. The predicted octanol–water partition coefficient (Wildman–Crippen LogP) is 4.01. The Balaban J connectivity index is 1.43. The molecule has 0 saturated carbocycles. The predicted molar refractivity (Wildman–Crippen MR) is 97.5 cm³/mol. The van der Waals surface area contributed by atoms with Crippen molar-refractivity contribution in [2.75, 3.05) is 23.3 Å². The molecule has 0 unspecified atom stereocenters. The largest absolute Gasteiger partial charge is 0.457 e. The first-order valence-corrected chi connectivity index (χ1v) is 8.41. The highest BCUT2D eigenvalue weighted by Crippen LogP contribution is 2.24. The third-order valence-corrected chi connectivity index (χ3v) is 4.07. The highest BCUT2D eigenvalue weighted by Gasteiger charge is 2.14. The molecule has 1 fully saturated rings. The fraction of sp³-hybridized carbons (Fsp3) is 0.211. The first-order chi connectivity index (χ1) is 12.4. The van der Waals surface area contributed by atoms with E-state index in [0.29, 0.717) is 5.95 Å². The molecule has 0 atom stereocenters. The molecule has 1 aliphatic heterocycles. The fourth-order valence-electron chi connectivity index (χ4n) is 2.81. The number of rotatable bonds is 5. The minimum absolute atomic E-state index is 0.501. The number of nitrogens with zero attached hydrogens (tertiary/aromatic N) is 4. The van der Waals surface area contributed by atoms with Crippen molar-refractivity contribution in [1.82, 2.24) is 15.2 Å². The van der Waals surface area contributed by atoms with Gasteiger partial charge >= 0.3 is 0 Å². The second-order valence-electron chi connectivity index (χ2n) is 5.90. The molecule has 1 N–H and O–H groups in total. The molecule has 3 aromatic rings. The van der Waals surface area contributed by atoms with Crippen molar-refractivity contribution in [3.05, 3.63) is 60.8 Å². The van der Waals surface area contributed by atoms with Crippen molar-refractivity contribution in [2.45, 2.75) is 12.8 Å².